The molecule has 0 amide bonds. The maximum absolute atomic E-state index is 10.6. The van der Waals surface area contributed by atoms with Gasteiger partial charge in [0.05, 0.1) is 0 Å². The van der Waals surface area contributed by atoms with Crippen LogP contribution in [0.15, 0.2) is 30.3 Å². The van der Waals surface area contributed by atoms with Crippen molar-refractivity contribution in [2.75, 3.05) is 0 Å². The summed E-state index contributed by atoms with van der Waals surface area (Å²) >= 11 is 1.82. The highest BCUT2D eigenvalue weighted by atomic mass is 127. The second-order valence-electron chi connectivity index (χ2n) is 2.59. The van der Waals surface area contributed by atoms with E-state index in [2.05, 4.69) is 0 Å². The summed E-state index contributed by atoms with van der Waals surface area (Å²) in [6.45, 7) is 1.53. The minimum Gasteiger partial charge on any atom is -0.428 e. The first-order valence-corrected chi connectivity index (χ1v) is 4.68. The summed E-state index contributed by atoms with van der Waals surface area (Å²) in [5.41, 5.74) is 0.993. The Morgan fingerprint density at radius 3 is 2.46 bits per heavy atom. The summed E-state index contributed by atoms with van der Waals surface area (Å²) in [4.78, 5) is 10.6. The Hall–Kier alpha value is -0.840. The van der Waals surface area contributed by atoms with E-state index in [0.29, 0.717) is 0 Å². The highest BCUT2D eigenvalue weighted by Gasteiger charge is 1.90. The molecule has 0 aliphatic carbocycles. The molecule has 0 saturated carbocycles. The number of ketones is 1. The van der Waals surface area contributed by atoms with E-state index in [-0.39, 0.29) is 5.78 Å². The van der Waals surface area contributed by atoms with E-state index >= 15 is 0 Å². The Kier molecular flexibility index (Phi) is 3.95. The average Bonchev–Trinajstić information content (AvgIpc) is 2.15. The zero-order chi connectivity index (χ0) is 9.68. The Morgan fingerprint density at radius 2 is 2.00 bits per heavy atom. The molecule has 3 heteroatoms. The zero-order valence-electron chi connectivity index (χ0n) is 7.16. The number of rotatable bonds is 3. The Morgan fingerprint density at radius 1 is 1.38 bits per heavy atom. The molecule has 0 aliphatic heterocycles. The molecule has 68 valence electrons. The molecule has 1 aromatic rings. The van der Waals surface area contributed by atoms with Gasteiger partial charge in [0.25, 0.3) is 0 Å². The maximum Gasteiger partial charge on any atom is 0.192 e. The van der Waals surface area contributed by atoms with Gasteiger partial charge < -0.3 is 3.07 Å². The van der Waals surface area contributed by atoms with Gasteiger partial charge in [-0.3, -0.25) is 4.79 Å². The van der Waals surface area contributed by atoms with Crippen LogP contribution in [0, 0.1) is 0 Å². The third-order valence-electron chi connectivity index (χ3n) is 1.48. The third kappa shape index (κ3) is 3.59. The molecule has 0 atom stereocenters. The molecule has 0 bridgehead atoms. The van der Waals surface area contributed by atoms with Crippen molar-refractivity contribution in [1.82, 2.24) is 0 Å². The van der Waals surface area contributed by atoms with Crippen molar-refractivity contribution < 1.29 is 7.86 Å². The molecular formula is C10H9IO2. The average molecular weight is 288 g/mol. The van der Waals surface area contributed by atoms with Gasteiger partial charge in [-0.15, -0.1) is 0 Å². The lowest BCUT2D eigenvalue weighted by Crippen LogP contribution is -1.80. The van der Waals surface area contributed by atoms with Crippen LogP contribution in [0.3, 0.4) is 0 Å². The number of benzene rings is 1. The van der Waals surface area contributed by atoms with Crippen LogP contribution in [0.5, 0.6) is 5.75 Å². The topological polar surface area (TPSA) is 26.3 Å². The lowest BCUT2D eigenvalue weighted by molar-refractivity contribution is -0.112. The molecular weight excluding hydrogens is 279 g/mol. The van der Waals surface area contributed by atoms with Gasteiger partial charge in [-0.25, -0.2) is 0 Å². The van der Waals surface area contributed by atoms with Crippen LogP contribution >= 0.6 is 23.0 Å². The highest BCUT2D eigenvalue weighted by Crippen LogP contribution is 2.14. The first kappa shape index (κ1) is 10.2. The van der Waals surface area contributed by atoms with E-state index in [9.17, 15) is 4.79 Å². The number of carbonyl (C=O) groups excluding carboxylic acids is 1. The van der Waals surface area contributed by atoms with E-state index in [1.807, 2.05) is 47.3 Å². The smallest absolute Gasteiger partial charge is 0.192 e. The minimum absolute atomic E-state index is 0.0502. The first-order chi connectivity index (χ1) is 6.22. The molecule has 0 aliphatic rings. The van der Waals surface area contributed by atoms with Gasteiger partial charge in [-0.2, -0.15) is 0 Å². The van der Waals surface area contributed by atoms with Crippen molar-refractivity contribution in [3.05, 3.63) is 35.9 Å². The third-order valence-corrected chi connectivity index (χ3v) is 1.99. The normalized spacial score (nSPS) is 10.3. The van der Waals surface area contributed by atoms with E-state index in [0.717, 1.165) is 11.3 Å². The van der Waals surface area contributed by atoms with Crippen molar-refractivity contribution in [3.63, 3.8) is 0 Å². The summed E-state index contributed by atoms with van der Waals surface area (Å²) in [5, 5.41) is 0. The number of halogens is 1. The van der Waals surface area contributed by atoms with E-state index < -0.39 is 0 Å². The molecule has 0 unspecified atom stereocenters. The van der Waals surface area contributed by atoms with Gasteiger partial charge in [0.1, 0.15) is 5.75 Å². The highest BCUT2D eigenvalue weighted by molar-refractivity contribution is 14.1. The van der Waals surface area contributed by atoms with Crippen molar-refractivity contribution in [2.45, 2.75) is 6.92 Å². The summed E-state index contributed by atoms with van der Waals surface area (Å²) in [6.07, 6.45) is 3.32. The lowest BCUT2D eigenvalue weighted by atomic mass is 10.2. The van der Waals surface area contributed by atoms with Gasteiger partial charge in [0.2, 0.25) is 0 Å². The van der Waals surface area contributed by atoms with Crippen LogP contribution in [-0.2, 0) is 4.79 Å². The van der Waals surface area contributed by atoms with Crippen molar-refractivity contribution >= 4 is 34.9 Å². The van der Waals surface area contributed by atoms with Crippen LogP contribution in [0.4, 0.5) is 0 Å². The van der Waals surface area contributed by atoms with Gasteiger partial charge in [-0.1, -0.05) is 18.2 Å². The SMILES string of the molecule is CC(=O)/C=C/c1ccc(OI)cc1. The maximum atomic E-state index is 10.6. The van der Waals surface area contributed by atoms with E-state index in [1.54, 1.807) is 12.2 Å². The quantitative estimate of drug-likeness (QED) is 0.631. The summed E-state index contributed by atoms with van der Waals surface area (Å²) in [5.74, 6) is 0.856. The zero-order valence-corrected chi connectivity index (χ0v) is 9.32. The predicted octanol–water partition coefficient (Wildman–Crippen LogP) is 3.02. The van der Waals surface area contributed by atoms with Crippen molar-refractivity contribution in [2.24, 2.45) is 0 Å². The van der Waals surface area contributed by atoms with Crippen LogP contribution in [-0.4, -0.2) is 5.78 Å². The number of carbonyl (C=O) groups is 1. The molecule has 0 saturated heterocycles. The number of hydrogen-bond acceptors (Lipinski definition) is 2. The van der Waals surface area contributed by atoms with Gasteiger partial charge in [0.15, 0.2) is 28.8 Å². The molecule has 0 radical (unpaired) electrons. The molecule has 1 rings (SSSR count). The van der Waals surface area contributed by atoms with Gasteiger partial charge in [0, 0.05) is 0 Å². The minimum atomic E-state index is 0.0502. The fourth-order valence-corrected chi connectivity index (χ4v) is 1.14. The molecule has 2 nitrogen and oxygen atoms in total. The Labute approximate surface area is 91.3 Å². The van der Waals surface area contributed by atoms with Crippen LogP contribution < -0.4 is 3.07 Å². The number of hydrogen-bond donors (Lipinski definition) is 0. The van der Waals surface area contributed by atoms with E-state index in [4.69, 9.17) is 3.07 Å². The van der Waals surface area contributed by atoms with Crippen LogP contribution in [0.25, 0.3) is 6.08 Å². The predicted molar refractivity (Wildman–Crippen MR) is 60.8 cm³/mol. The molecule has 0 spiro atoms. The monoisotopic (exact) mass is 288 g/mol. The Balaban J connectivity index is 2.75. The Bertz CT molecular complexity index is 314. The molecule has 0 aromatic heterocycles. The second-order valence-corrected chi connectivity index (χ2v) is 3.03. The second kappa shape index (κ2) is 5.01. The molecule has 0 heterocycles. The summed E-state index contributed by atoms with van der Waals surface area (Å²) in [7, 11) is 0. The van der Waals surface area contributed by atoms with Gasteiger partial charge in [-0.05, 0) is 30.7 Å². The summed E-state index contributed by atoms with van der Waals surface area (Å²) in [6, 6.07) is 7.50. The van der Waals surface area contributed by atoms with Crippen molar-refractivity contribution in [1.29, 1.82) is 0 Å². The van der Waals surface area contributed by atoms with E-state index in [1.165, 1.54) is 6.92 Å². The molecule has 1 aromatic carbocycles. The van der Waals surface area contributed by atoms with Crippen LogP contribution in [0.1, 0.15) is 12.5 Å². The standard InChI is InChI=1S/C10H9IO2/c1-8(12)2-3-9-4-6-10(13-11)7-5-9/h2-7H,1H3/b3-2+. The molecule has 0 fully saturated rings. The fourth-order valence-electron chi connectivity index (χ4n) is 0.844. The number of allylic oxidation sites excluding steroid dienone is 1. The largest absolute Gasteiger partial charge is 0.428 e. The molecule has 13 heavy (non-hydrogen) atoms. The molecule has 0 N–H and O–H groups in total. The van der Waals surface area contributed by atoms with Crippen LogP contribution in [0.2, 0.25) is 0 Å². The van der Waals surface area contributed by atoms with Crippen molar-refractivity contribution in [3.8, 4) is 5.75 Å². The lowest BCUT2D eigenvalue weighted by Gasteiger charge is -1.96. The van der Waals surface area contributed by atoms with Gasteiger partial charge >= 0.3 is 0 Å². The summed E-state index contributed by atoms with van der Waals surface area (Å²) < 4.78 is 4.97. The fraction of sp³-hybridized carbons (Fsp3) is 0.100. The first-order valence-electron chi connectivity index (χ1n) is 3.79.